The molecule has 3 nitrogen and oxygen atoms in total. The molecular weight excluding hydrogens is 210 g/mol. The number of pyridine rings is 1. The number of imidazole rings is 1. The molecule has 17 heavy (non-hydrogen) atoms. The van der Waals surface area contributed by atoms with Crippen molar-refractivity contribution in [1.82, 2.24) is 15.0 Å². The van der Waals surface area contributed by atoms with E-state index >= 15 is 0 Å². The van der Waals surface area contributed by atoms with Gasteiger partial charge in [-0.3, -0.25) is 0 Å². The summed E-state index contributed by atoms with van der Waals surface area (Å²) in [5.41, 5.74) is 4.49. The zero-order valence-corrected chi connectivity index (χ0v) is 9.43. The highest BCUT2D eigenvalue weighted by Crippen LogP contribution is 2.14. The molecule has 84 valence electrons. The molecule has 0 saturated carbocycles. The first-order chi connectivity index (χ1) is 8.43. The summed E-state index contributed by atoms with van der Waals surface area (Å²) in [4.78, 5) is 11.5. The molecular formula is C14H13N3. The SMILES string of the molecule is c1ccc(CCc2ccnc3nc[nH]c23)cc1. The number of benzene rings is 1. The third-order valence-corrected chi connectivity index (χ3v) is 2.94. The van der Waals surface area contributed by atoms with Crippen LogP contribution in [-0.4, -0.2) is 15.0 Å². The predicted molar refractivity (Wildman–Crippen MR) is 67.7 cm³/mol. The summed E-state index contributed by atoms with van der Waals surface area (Å²) < 4.78 is 0. The van der Waals surface area contributed by atoms with Crippen LogP contribution in [0.4, 0.5) is 0 Å². The fourth-order valence-electron chi connectivity index (χ4n) is 2.03. The van der Waals surface area contributed by atoms with Crippen LogP contribution in [0.5, 0.6) is 0 Å². The summed E-state index contributed by atoms with van der Waals surface area (Å²) in [6.07, 6.45) is 5.57. The molecule has 2 aromatic heterocycles. The van der Waals surface area contributed by atoms with Gasteiger partial charge in [0.05, 0.1) is 11.8 Å². The van der Waals surface area contributed by atoms with Crippen molar-refractivity contribution >= 4 is 11.2 Å². The molecule has 0 saturated heterocycles. The van der Waals surface area contributed by atoms with Gasteiger partial charge >= 0.3 is 0 Å². The maximum Gasteiger partial charge on any atom is 0.177 e. The summed E-state index contributed by atoms with van der Waals surface area (Å²) in [6, 6.07) is 12.6. The number of hydrogen-bond acceptors (Lipinski definition) is 2. The average Bonchev–Trinajstić information content (AvgIpc) is 2.86. The van der Waals surface area contributed by atoms with Gasteiger partial charge in [0.25, 0.3) is 0 Å². The van der Waals surface area contributed by atoms with E-state index < -0.39 is 0 Å². The zero-order chi connectivity index (χ0) is 11.5. The van der Waals surface area contributed by atoms with E-state index in [-0.39, 0.29) is 0 Å². The number of hydrogen-bond donors (Lipinski definition) is 1. The van der Waals surface area contributed by atoms with E-state index in [0.717, 1.165) is 24.0 Å². The molecule has 0 spiro atoms. The topological polar surface area (TPSA) is 41.6 Å². The van der Waals surface area contributed by atoms with Crippen molar-refractivity contribution in [2.45, 2.75) is 12.8 Å². The van der Waals surface area contributed by atoms with Crippen LogP contribution in [0.25, 0.3) is 11.2 Å². The van der Waals surface area contributed by atoms with Gasteiger partial charge < -0.3 is 4.98 Å². The Bertz CT molecular complexity index is 613. The quantitative estimate of drug-likeness (QED) is 0.741. The van der Waals surface area contributed by atoms with Gasteiger partial charge in [-0.15, -0.1) is 0 Å². The largest absolute Gasteiger partial charge is 0.343 e. The van der Waals surface area contributed by atoms with Crippen molar-refractivity contribution in [2.24, 2.45) is 0 Å². The smallest absolute Gasteiger partial charge is 0.177 e. The molecule has 0 bridgehead atoms. The van der Waals surface area contributed by atoms with Crippen LogP contribution in [-0.2, 0) is 12.8 Å². The number of fused-ring (bicyclic) bond motifs is 1. The van der Waals surface area contributed by atoms with Gasteiger partial charge in [0.1, 0.15) is 0 Å². The summed E-state index contributed by atoms with van der Waals surface area (Å²) in [5.74, 6) is 0. The van der Waals surface area contributed by atoms with Crippen molar-refractivity contribution in [3.63, 3.8) is 0 Å². The van der Waals surface area contributed by atoms with Gasteiger partial charge in [-0.1, -0.05) is 30.3 Å². The highest BCUT2D eigenvalue weighted by atomic mass is 14.9. The lowest BCUT2D eigenvalue weighted by Gasteiger charge is -2.02. The number of nitrogens with zero attached hydrogens (tertiary/aromatic N) is 2. The molecule has 3 rings (SSSR count). The number of nitrogens with one attached hydrogen (secondary N) is 1. The Kier molecular flexibility index (Phi) is 2.58. The highest BCUT2D eigenvalue weighted by Gasteiger charge is 2.03. The lowest BCUT2D eigenvalue weighted by atomic mass is 10.0. The molecule has 0 aliphatic rings. The second kappa shape index (κ2) is 4.37. The maximum atomic E-state index is 4.21. The van der Waals surface area contributed by atoms with Crippen LogP contribution >= 0.6 is 0 Å². The summed E-state index contributed by atoms with van der Waals surface area (Å²) in [6.45, 7) is 0. The van der Waals surface area contributed by atoms with E-state index in [9.17, 15) is 0 Å². The zero-order valence-electron chi connectivity index (χ0n) is 9.43. The van der Waals surface area contributed by atoms with Gasteiger partial charge in [-0.05, 0) is 30.0 Å². The second-order valence-corrected chi connectivity index (χ2v) is 4.06. The van der Waals surface area contributed by atoms with Gasteiger partial charge in [-0.25, -0.2) is 9.97 Å². The van der Waals surface area contributed by atoms with Crippen molar-refractivity contribution in [2.75, 3.05) is 0 Å². The lowest BCUT2D eigenvalue weighted by molar-refractivity contribution is 0.963. The van der Waals surface area contributed by atoms with Crippen LogP contribution in [0.2, 0.25) is 0 Å². The van der Waals surface area contributed by atoms with Gasteiger partial charge in [-0.2, -0.15) is 0 Å². The molecule has 3 heteroatoms. The Morgan fingerprint density at radius 1 is 0.941 bits per heavy atom. The first kappa shape index (κ1) is 10.0. The van der Waals surface area contributed by atoms with E-state index in [4.69, 9.17) is 0 Å². The molecule has 3 aromatic rings. The predicted octanol–water partition coefficient (Wildman–Crippen LogP) is 2.74. The minimum Gasteiger partial charge on any atom is -0.343 e. The Balaban J connectivity index is 1.84. The molecule has 0 amide bonds. The van der Waals surface area contributed by atoms with Crippen molar-refractivity contribution in [3.05, 3.63) is 60.0 Å². The lowest BCUT2D eigenvalue weighted by Crippen LogP contribution is -1.93. The normalized spacial score (nSPS) is 10.8. The van der Waals surface area contributed by atoms with E-state index in [1.165, 1.54) is 11.1 Å². The summed E-state index contributed by atoms with van der Waals surface area (Å²) in [7, 11) is 0. The van der Waals surface area contributed by atoms with Crippen LogP contribution in [0.15, 0.2) is 48.9 Å². The summed E-state index contributed by atoms with van der Waals surface area (Å²) in [5, 5.41) is 0. The summed E-state index contributed by atoms with van der Waals surface area (Å²) >= 11 is 0. The average molecular weight is 223 g/mol. The minimum absolute atomic E-state index is 0.801. The molecule has 1 aromatic carbocycles. The molecule has 0 unspecified atom stereocenters. The number of aromatic nitrogens is 3. The van der Waals surface area contributed by atoms with Crippen molar-refractivity contribution in [3.8, 4) is 0 Å². The maximum absolute atomic E-state index is 4.21. The van der Waals surface area contributed by atoms with E-state index in [2.05, 4.69) is 45.3 Å². The second-order valence-electron chi connectivity index (χ2n) is 4.06. The molecule has 0 fully saturated rings. The standard InChI is InChI=1S/C14H13N3/c1-2-4-11(5-3-1)6-7-12-8-9-15-14-13(12)16-10-17-14/h1-5,8-10H,6-7H2,(H,15,16,17). The van der Waals surface area contributed by atoms with E-state index in [1.807, 2.05) is 12.3 Å². The van der Waals surface area contributed by atoms with Gasteiger partial charge in [0.15, 0.2) is 5.65 Å². The molecule has 0 radical (unpaired) electrons. The number of aryl methyl sites for hydroxylation is 2. The number of aromatic amines is 1. The molecule has 2 heterocycles. The minimum atomic E-state index is 0.801. The highest BCUT2D eigenvalue weighted by molar-refractivity contribution is 5.73. The van der Waals surface area contributed by atoms with Crippen LogP contribution in [0, 0.1) is 0 Å². The van der Waals surface area contributed by atoms with E-state index in [0.29, 0.717) is 0 Å². The molecule has 0 aliphatic heterocycles. The van der Waals surface area contributed by atoms with Crippen molar-refractivity contribution in [1.29, 1.82) is 0 Å². The Morgan fingerprint density at radius 2 is 1.82 bits per heavy atom. The van der Waals surface area contributed by atoms with Crippen LogP contribution in [0.1, 0.15) is 11.1 Å². The third-order valence-electron chi connectivity index (χ3n) is 2.94. The number of H-pyrrole nitrogens is 1. The van der Waals surface area contributed by atoms with Crippen LogP contribution in [0.3, 0.4) is 0 Å². The third kappa shape index (κ3) is 2.04. The molecule has 0 atom stereocenters. The Morgan fingerprint density at radius 3 is 2.71 bits per heavy atom. The monoisotopic (exact) mass is 223 g/mol. The first-order valence-electron chi connectivity index (χ1n) is 5.74. The fourth-order valence-corrected chi connectivity index (χ4v) is 2.03. The Hall–Kier alpha value is -2.16. The van der Waals surface area contributed by atoms with Crippen LogP contribution < -0.4 is 0 Å². The molecule has 1 N–H and O–H groups in total. The number of rotatable bonds is 3. The fraction of sp³-hybridized carbons (Fsp3) is 0.143. The first-order valence-corrected chi connectivity index (χ1v) is 5.74. The van der Waals surface area contributed by atoms with Gasteiger partial charge in [0, 0.05) is 6.20 Å². The van der Waals surface area contributed by atoms with E-state index in [1.54, 1.807) is 6.33 Å². The molecule has 0 aliphatic carbocycles. The van der Waals surface area contributed by atoms with Crippen molar-refractivity contribution < 1.29 is 0 Å². The van der Waals surface area contributed by atoms with Gasteiger partial charge in [0.2, 0.25) is 0 Å². The Labute approximate surface area is 99.5 Å².